The zero-order valence-electron chi connectivity index (χ0n) is 11.2. The molecule has 1 rings (SSSR count). The van der Waals surface area contributed by atoms with E-state index in [4.69, 9.17) is 16.7 Å². The summed E-state index contributed by atoms with van der Waals surface area (Å²) in [6, 6.07) is 5.40. The first kappa shape index (κ1) is 16.7. The first-order valence-corrected chi connectivity index (χ1v) is 6.34. The van der Waals surface area contributed by atoms with E-state index in [1.807, 2.05) is 0 Å². The Balaban J connectivity index is 2.63. The van der Waals surface area contributed by atoms with Crippen LogP contribution < -0.4 is 5.32 Å². The second kappa shape index (κ2) is 8.06. The van der Waals surface area contributed by atoms with Crippen molar-refractivity contribution in [2.45, 2.75) is 12.5 Å². The number of amides is 1. The molecule has 7 heteroatoms. The highest BCUT2D eigenvalue weighted by Gasteiger charge is 2.22. The van der Waals surface area contributed by atoms with Gasteiger partial charge in [-0.25, -0.2) is 4.79 Å². The second-order valence-corrected chi connectivity index (χ2v) is 4.50. The number of halogens is 1. The number of ether oxygens (including phenoxy) is 1. The van der Waals surface area contributed by atoms with Crippen LogP contribution in [0.5, 0.6) is 0 Å². The Labute approximate surface area is 126 Å². The van der Waals surface area contributed by atoms with Gasteiger partial charge in [-0.1, -0.05) is 23.7 Å². The van der Waals surface area contributed by atoms with Crippen molar-refractivity contribution in [2.24, 2.45) is 0 Å². The van der Waals surface area contributed by atoms with Crippen LogP contribution in [0.4, 0.5) is 0 Å². The molecule has 0 aliphatic rings. The summed E-state index contributed by atoms with van der Waals surface area (Å²) in [4.78, 5) is 33.6. The lowest BCUT2D eigenvalue weighted by Gasteiger charge is -2.11. The molecule has 6 nitrogen and oxygen atoms in total. The molecular weight excluding hydrogens is 298 g/mol. The molecule has 1 aromatic carbocycles. The Hall–Kier alpha value is -2.34. The van der Waals surface area contributed by atoms with Crippen molar-refractivity contribution in [2.75, 3.05) is 7.11 Å². The highest BCUT2D eigenvalue weighted by Crippen LogP contribution is 2.10. The van der Waals surface area contributed by atoms with Crippen molar-refractivity contribution < 1.29 is 24.2 Å². The van der Waals surface area contributed by atoms with Gasteiger partial charge in [-0.3, -0.25) is 9.59 Å². The molecule has 0 unspecified atom stereocenters. The second-order valence-electron chi connectivity index (χ2n) is 4.06. The highest BCUT2D eigenvalue weighted by molar-refractivity contribution is 6.30. The summed E-state index contributed by atoms with van der Waals surface area (Å²) >= 11 is 5.73. The van der Waals surface area contributed by atoms with E-state index in [1.165, 1.54) is 12.2 Å². The van der Waals surface area contributed by atoms with Crippen LogP contribution in [0.25, 0.3) is 6.08 Å². The molecule has 0 spiro atoms. The average molecular weight is 312 g/mol. The molecular formula is C14H14ClNO5. The van der Waals surface area contributed by atoms with Gasteiger partial charge >= 0.3 is 11.9 Å². The SMILES string of the molecule is COC(=O)C[C@H](NC(=O)C=Cc1ccc(Cl)cc1)C(=O)O. The maximum absolute atomic E-state index is 11.6. The van der Waals surface area contributed by atoms with Crippen LogP contribution in [0.1, 0.15) is 12.0 Å². The predicted octanol–water partition coefficient (Wildman–Crippen LogP) is 1.49. The van der Waals surface area contributed by atoms with Crippen LogP contribution in [0.15, 0.2) is 30.3 Å². The predicted molar refractivity (Wildman–Crippen MR) is 76.7 cm³/mol. The minimum absolute atomic E-state index is 0.438. The summed E-state index contributed by atoms with van der Waals surface area (Å²) in [7, 11) is 1.14. The molecule has 0 saturated carbocycles. The lowest BCUT2D eigenvalue weighted by atomic mass is 10.2. The molecule has 0 radical (unpaired) electrons. The number of carboxylic acid groups (broad SMARTS) is 1. The molecule has 0 saturated heterocycles. The Morgan fingerprint density at radius 3 is 2.48 bits per heavy atom. The summed E-state index contributed by atoms with van der Waals surface area (Å²) in [5.41, 5.74) is 0.731. The van der Waals surface area contributed by atoms with Gasteiger partial charge in [0.2, 0.25) is 5.91 Å². The summed E-state index contributed by atoms with van der Waals surface area (Å²) in [5.74, 6) is -2.65. The van der Waals surface area contributed by atoms with Crippen molar-refractivity contribution in [1.82, 2.24) is 5.32 Å². The van der Waals surface area contributed by atoms with E-state index in [1.54, 1.807) is 24.3 Å². The number of rotatable bonds is 6. The molecule has 21 heavy (non-hydrogen) atoms. The van der Waals surface area contributed by atoms with Gasteiger partial charge in [0.1, 0.15) is 6.04 Å². The van der Waals surface area contributed by atoms with Crippen LogP contribution in [-0.2, 0) is 19.1 Å². The number of methoxy groups -OCH3 is 1. The molecule has 112 valence electrons. The fraction of sp³-hybridized carbons (Fsp3) is 0.214. The lowest BCUT2D eigenvalue weighted by Crippen LogP contribution is -2.41. The largest absolute Gasteiger partial charge is 0.480 e. The first-order chi connectivity index (χ1) is 9.92. The van der Waals surface area contributed by atoms with Gasteiger partial charge in [-0.15, -0.1) is 0 Å². The Bertz CT molecular complexity index is 553. The van der Waals surface area contributed by atoms with Crippen molar-refractivity contribution in [1.29, 1.82) is 0 Å². The Morgan fingerprint density at radius 1 is 1.33 bits per heavy atom. The zero-order chi connectivity index (χ0) is 15.8. The average Bonchev–Trinajstić information content (AvgIpc) is 2.45. The number of carbonyl (C=O) groups excluding carboxylic acids is 2. The third kappa shape index (κ3) is 6.09. The van der Waals surface area contributed by atoms with E-state index in [0.29, 0.717) is 5.02 Å². The third-order valence-electron chi connectivity index (χ3n) is 2.51. The van der Waals surface area contributed by atoms with Crippen LogP contribution in [0.2, 0.25) is 5.02 Å². The summed E-state index contributed by atoms with van der Waals surface area (Å²) in [5, 5.41) is 11.7. The van der Waals surface area contributed by atoms with Gasteiger partial charge < -0.3 is 15.2 Å². The fourth-order valence-electron chi connectivity index (χ4n) is 1.42. The zero-order valence-corrected chi connectivity index (χ0v) is 12.0. The molecule has 0 fully saturated rings. The van der Waals surface area contributed by atoms with E-state index in [9.17, 15) is 14.4 Å². The fourth-order valence-corrected chi connectivity index (χ4v) is 1.54. The number of esters is 1. The van der Waals surface area contributed by atoms with Gasteiger partial charge in [0.15, 0.2) is 0 Å². The van der Waals surface area contributed by atoms with Gasteiger partial charge in [-0.2, -0.15) is 0 Å². The van der Waals surface area contributed by atoms with E-state index in [0.717, 1.165) is 12.7 Å². The third-order valence-corrected chi connectivity index (χ3v) is 2.76. The van der Waals surface area contributed by atoms with Crippen LogP contribution in [0.3, 0.4) is 0 Å². The van der Waals surface area contributed by atoms with Crippen LogP contribution >= 0.6 is 11.6 Å². The van der Waals surface area contributed by atoms with Crippen molar-refractivity contribution >= 4 is 35.5 Å². The number of carbonyl (C=O) groups is 3. The topological polar surface area (TPSA) is 92.7 Å². The van der Waals surface area contributed by atoms with Gasteiger partial charge in [0, 0.05) is 11.1 Å². The molecule has 0 aromatic heterocycles. The minimum Gasteiger partial charge on any atom is -0.480 e. The smallest absolute Gasteiger partial charge is 0.326 e. The molecule has 1 aromatic rings. The van der Waals surface area contributed by atoms with E-state index in [-0.39, 0.29) is 0 Å². The van der Waals surface area contributed by atoms with Crippen LogP contribution in [-0.4, -0.2) is 36.1 Å². The summed E-state index contributed by atoms with van der Waals surface area (Å²) < 4.78 is 4.37. The summed E-state index contributed by atoms with van der Waals surface area (Å²) in [6.45, 7) is 0. The molecule has 0 heterocycles. The van der Waals surface area contributed by atoms with E-state index >= 15 is 0 Å². The Kier molecular flexibility index (Phi) is 6.42. The molecule has 0 aliphatic heterocycles. The van der Waals surface area contributed by atoms with Crippen molar-refractivity contribution in [3.8, 4) is 0 Å². The maximum atomic E-state index is 11.6. The molecule has 0 aliphatic carbocycles. The monoisotopic (exact) mass is 311 g/mol. The van der Waals surface area contributed by atoms with Crippen molar-refractivity contribution in [3.05, 3.63) is 40.9 Å². The first-order valence-electron chi connectivity index (χ1n) is 5.96. The van der Waals surface area contributed by atoms with E-state index < -0.39 is 30.3 Å². The van der Waals surface area contributed by atoms with Crippen molar-refractivity contribution in [3.63, 3.8) is 0 Å². The normalized spacial score (nSPS) is 11.9. The van der Waals surface area contributed by atoms with E-state index in [2.05, 4.69) is 10.1 Å². The van der Waals surface area contributed by atoms with Gasteiger partial charge in [-0.05, 0) is 23.8 Å². The van der Waals surface area contributed by atoms with Crippen LogP contribution in [0, 0.1) is 0 Å². The number of nitrogens with one attached hydrogen (secondary N) is 1. The van der Waals surface area contributed by atoms with Gasteiger partial charge in [0.05, 0.1) is 13.5 Å². The summed E-state index contributed by atoms with van der Waals surface area (Å²) in [6.07, 6.45) is 2.24. The minimum atomic E-state index is -1.33. The number of hydrogen-bond donors (Lipinski definition) is 2. The quantitative estimate of drug-likeness (QED) is 0.613. The standard InChI is InChI=1S/C14H14ClNO5/c1-21-13(18)8-11(14(19)20)16-12(17)7-4-9-2-5-10(15)6-3-9/h2-7,11H,8H2,1H3,(H,16,17)(H,19,20)/t11-/m0/s1. The lowest BCUT2D eigenvalue weighted by molar-refractivity contribution is -0.148. The van der Waals surface area contributed by atoms with Gasteiger partial charge in [0.25, 0.3) is 0 Å². The molecule has 1 atom stereocenters. The highest BCUT2D eigenvalue weighted by atomic mass is 35.5. The number of benzene rings is 1. The number of carboxylic acids is 1. The Morgan fingerprint density at radius 2 is 1.95 bits per heavy atom. The number of hydrogen-bond acceptors (Lipinski definition) is 4. The molecule has 1 amide bonds. The maximum Gasteiger partial charge on any atom is 0.326 e. The molecule has 2 N–H and O–H groups in total. The molecule has 0 bridgehead atoms. The number of aliphatic carboxylic acids is 1.